The van der Waals surface area contributed by atoms with Gasteiger partial charge in [-0.05, 0) is 48.6 Å². The van der Waals surface area contributed by atoms with E-state index in [-0.39, 0.29) is 28.1 Å². The van der Waals surface area contributed by atoms with Crippen LogP contribution in [0, 0.1) is 17.1 Å². The highest BCUT2D eigenvalue weighted by molar-refractivity contribution is 6.31. The number of hydrogen-bond donors (Lipinski definition) is 1. The number of likely N-dealkylation sites (tertiary alicyclic amines) is 1. The van der Waals surface area contributed by atoms with Gasteiger partial charge in [-0.15, -0.1) is 0 Å². The quantitative estimate of drug-likeness (QED) is 0.501. The first-order valence-corrected chi connectivity index (χ1v) is 10.9. The number of fused-ring (bicyclic) bond motifs is 1. The zero-order valence-electron chi connectivity index (χ0n) is 18.1. The summed E-state index contributed by atoms with van der Waals surface area (Å²) < 4.78 is 20.2. The summed E-state index contributed by atoms with van der Waals surface area (Å²) in [6.45, 7) is 4.79. The Hall–Kier alpha value is -3.63. The van der Waals surface area contributed by atoms with E-state index in [1.165, 1.54) is 18.3 Å². The molecule has 1 fully saturated rings. The number of hydrogen-bond acceptors (Lipinski definition) is 5. The lowest BCUT2D eigenvalue weighted by atomic mass is 9.87. The van der Waals surface area contributed by atoms with Crippen molar-refractivity contribution in [3.8, 4) is 11.8 Å². The highest BCUT2D eigenvalue weighted by Gasteiger charge is 2.26. The lowest BCUT2D eigenvalue weighted by Gasteiger charge is -2.32. The molecule has 1 aliphatic heterocycles. The second kappa shape index (κ2) is 9.47. The predicted octanol–water partition coefficient (Wildman–Crippen LogP) is 5.54. The van der Waals surface area contributed by atoms with Gasteiger partial charge in [0, 0.05) is 30.7 Å². The summed E-state index contributed by atoms with van der Waals surface area (Å²) in [5.41, 5.74) is 2.47. The lowest BCUT2D eigenvalue weighted by Crippen LogP contribution is -2.36. The van der Waals surface area contributed by atoms with E-state index in [1.807, 2.05) is 12.1 Å². The average molecular weight is 465 g/mol. The number of pyridine rings is 1. The number of nitrogens with zero attached hydrogens (tertiary/aromatic N) is 3. The van der Waals surface area contributed by atoms with Gasteiger partial charge in [-0.1, -0.05) is 24.2 Å². The lowest BCUT2D eigenvalue weighted by molar-refractivity contribution is -0.127. The SMILES string of the molecule is C=CC(=O)N1CCC(c2cc3c(Nc4cccc(Cl)c4F)c(C#N)cnc3cc2OC)CC1. The first kappa shape index (κ1) is 22.6. The number of anilines is 2. The number of nitriles is 1. The third-order valence-electron chi connectivity index (χ3n) is 5.97. The van der Waals surface area contributed by atoms with Gasteiger partial charge in [-0.3, -0.25) is 9.78 Å². The highest BCUT2D eigenvalue weighted by atomic mass is 35.5. The number of halogens is 2. The monoisotopic (exact) mass is 464 g/mol. The minimum absolute atomic E-state index is 0.0138. The van der Waals surface area contributed by atoms with Gasteiger partial charge >= 0.3 is 0 Å². The van der Waals surface area contributed by atoms with Crippen LogP contribution in [0.15, 0.2) is 49.2 Å². The van der Waals surface area contributed by atoms with Crippen LogP contribution in [0.3, 0.4) is 0 Å². The fourth-order valence-electron chi connectivity index (χ4n) is 4.23. The van der Waals surface area contributed by atoms with Crippen molar-refractivity contribution < 1.29 is 13.9 Å². The van der Waals surface area contributed by atoms with Crippen molar-refractivity contribution >= 4 is 39.8 Å². The predicted molar refractivity (Wildman–Crippen MR) is 126 cm³/mol. The largest absolute Gasteiger partial charge is 0.496 e. The van der Waals surface area contributed by atoms with Gasteiger partial charge in [-0.25, -0.2) is 4.39 Å². The standard InChI is InChI=1S/C25H22ClFN4O2/c1-3-23(32)31-9-7-15(8-10-31)17-11-18-21(12-22(17)33-2)29-14-16(13-28)25(18)30-20-6-4-5-19(26)24(20)27/h3-6,11-12,14-15H,1,7-10H2,2H3,(H,29,30). The van der Waals surface area contributed by atoms with Crippen LogP contribution < -0.4 is 10.1 Å². The molecule has 1 aliphatic rings. The molecule has 6 nitrogen and oxygen atoms in total. The maximum atomic E-state index is 14.6. The molecule has 1 N–H and O–H groups in total. The molecule has 0 aliphatic carbocycles. The van der Waals surface area contributed by atoms with Gasteiger partial charge in [-0.2, -0.15) is 5.26 Å². The zero-order valence-corrected chi connectivity index (χ0v) is 18.8. The van der Waals surface area contributed by atoms with E-state index in [0.717, 1.165) is 18.4 Å². The van der Waals surface area contributed by atoms with Crippen LogP contribution in [0.4, 0.5) is 15.8 Å². The molecule has 1 aromatic heterocycles. The third-order valence-corrected chi connectivity index (χ3v) is 6.26. The van der Waals surface area contributed by atoms with Crippen LogP contribution in [0.25, 0.3) is 10.9 Å². The zero-order chi connectivity index (χ0) is 23.5. The van der Waals surface area contributed by atoms with Gasteiger partial charge in [0.15, 0.2) is 5.82 Å². The number of carbonyl (C=O) groups excluding carboxylic acids is 1. The molecule has 2 aromatic carbocycles. The Morgan fingerprint density at radius 3 is 2.82 bits per heavy atom. The number of methoxy groups -OCH3 is 1. The number of rotatable bonds is 5. The smallest absolute Gasteiger partial charge is 0.245 e. The van der Waals surface area contributed by atoms with E-state index in [4.69, 9.17) is 16.3 Å². The molecule has 0 bridgehead atoms. The second-order valence-electron chi connectivity index (χ2n) is 7.80. The Kier molecular flexibility index (Phi) is 6.47. The first-order chi connectivity index (χ1) is 16.0. The first-order valence-electron chi connectivity index (χ1n) is 10.5. The van der Waals surface area contributed by atoms with Gasteiger partial charge in [0.1, 0.15) is 11.8 Å². The van der Waals surface area contributed by atoms with Crippen molar-refractivity contribution in [1.29, 1.82) is 5.26 Å². The number of ether oxygens (including phenoxy) is 1. The minimum Gasteiger partial charge on any atom is -0.496 e. The molecular formula is C25H22ClFN4O2. The number of benzene rings is 2. The molecule has 0 radical (unpaired) electrons. The number of carbonyl (C=O) groups is 1. The Morgan fingerprint density at radius 1 is 1.39 bits per heavy atom. The summed E-state index contributed by atoms with van der Waals surface area (Å²) in [4.78, 5) is 18.1. The Morgan fingerprint density at radius 2 is 2.15 bits per heavy atom. The molecule has 8 heteroatoms. The maximum Gasteiger partial charge on any atom is 0.245 e. The molecule has 3 aromatic rings. The third kappa shape index (κ3) is 4.35. The number of nitrogens with one attached hydrogen (secondary N) is 1. The summed E-state index contributed by atoms with van der Waals surface area (Å²) in [6, 6.07) is 10.6. The van der Waals surface area contributed by atoms with Crippen LogP contribution in [0.5, 0.6) is 5.75 Å². The van der Waals surface area contributed by atoms with Crippen LogP contribution >= 0.6 is 11.6 Å². The van der Waals surface area contributed by atoms with E-state index in [0.29, 0.717) is 35.4 Å². The van der Waals surface area contributed by atoms with Crippen LogP contribution in [-0.4, -0.2) is 36.0 Å². The van der Waals surface area contributed by atoms with Gasteiger partial charge in [0.05, 0.1) is 34.6 Å². The van der Waals surface area contributed by atoms with Crippen molar-refractivity contribution in [2.24, 2.45) is 0 Å². The van der Waals surface area contributed by atoms with Gasteiger partial charge in [0.2, 0.25) is 5.91 Å². The Bertz CT molecular complexity index is 1280. The summed E-state index contributed by atoms with van der Waals surface area (Å²) in [7, 11) is 1.60. The van der Waals surface area contributed by atoms with Crippen molar-refractivity contribution in [3.63, 3.8) is 0 Å². The van der Waals surface area contributed by atoms with Crippen molar-refractivity contribution in [1.82, 2.24) is 9.88 Å². The van der Waals surface area contributed by atoms with Crippen LogP contribution in [0.1, 0.15) is 29.9 Å². The molecule has 1 amide bonds. The number of amides is 1. The summed E-state index contributed by atoms with van der Waals surface area (Å²) in [5, 5.41) is 13.4. The summed E-state index contributed by atoms with van der Waals surface area (Å²) in [5.74, 6) is 0.172. The molecule has 4 rings (SSSR count). The van der Waals surface area contributed by atoms with Crippen molar-refractivity contribution in [3.05, 3.63) is 71.2 Å². The highest BCUT2D eigenvalue weighted by Crippen LogP contribution is 2.40. The van der Waals surface area contributed by atoms with E-state index >= 15 is 0 Å². The van der Waals surface area contributed by atoms with Crippen molar-refractivity contribution in [2.75, 3.05) is 25.5 Å². The molecule has 33 heavy (non-hydrogen) atoms. The molecule has 0 saturated carbocycles. The van der Waals surface area contributed by atoms with E-state index in [9.17, 15) is 14.4 Å². The fraction of sp³-hybridized carbons (Fsp3) is 0.240. The molecular weight excluding hydrogens is 443 g/mol. The average Bonchev–Trinajstić information content (AvgIpc) is 2.85. The number of piperidine rings is 1. The van der Waals surface area contributed by atoms with Crippen LogP contribution in [-0.2, 0) is 4.79 Å². The van der Waals surface area contributed by atoms with E-state index in [2.05, 4.69) is 22.9 Å². The molecule has 1 saturated heterocycles. The molecule has 168 valence electrons. The van der Waals surface area contributed by atoms with Gasteiger partial charge in [0.25, 0.3) is 0 Å². The van der Waals surface area contributed by atoms with Crippen LogP contribution in [0.2, 0.25) is 5.02 Å². The van der Waals surface area contributed by atoms with Gasteiger partial charge < -0.3 is 15.0 Å². The normalized spacial score (nSPS) is 14.1. The Labute approximate surface area is 196 Å². The molecule has 2 heterocycles. The summed E-state index contributed by atoms with van der Waals surface area (Å²) >= 11 is 5.94. The van der Waals surface area contributed by atoms with Crippen molar-refractivity contribution in [2.45, 2.75) is 18.8 Å². The maximum absolute atomic E-state index is 14.6. The summed E-state index contributed by atoms with van der Waals surface area (Å²) in [6.07, 6.45) is 4.31. The molecule has 0 spiro atoms. The van der Waals surface area contributed by atoms with E-state index in [1.54, 1.807) is 24.1 Å². The minimum atomic E-state index is -0.596. The number of aromatic nitrogens is 1. The Balaban J connectivity index is 1.79. The van der Waals surface area contributed by atoms with E-state index < -0.39 is 5.82 Å². The topological polar surface area (TPSA) is 78.3 Å². The molecule has 0 atom stereocenters. The molecule has 0 unspecified atom stereocenters. The second-order valence-corrected chi connectivity index (χ2v) is 8.21. The fourth-order valence-corrected chi connectivity index (χ4v) is 4.40.